The van der Waals surface area contributed by atoms with Crippen LogP contribution in [0.1, 0.15) is 36.1 Å². The second-order valence-corrected chi connectivity index (χ2v) is 13.1. The van der Waals surface area contributed by atoms with Crippen LogP contribution < -0.4 is 0 Å². The van der Waals surface area contributed by atoms with Crippen LogP contribution in [0.15, 0.2) is 110 Å². The minimum absolute atomic E-state index is 1.14. The highest BCUT2D eigenvalue weighted by Gasteiger charge is 2.47. The van der Waals surface area contributed by atoms with Crippen LogP contribution in [0.25, 0.3) is 21.5 Å². The molecule has 2 aromatic carbocycles. The van der Waals surface area contributed by atoms with E-state index >= 15 is 0 Å². The second-order valence-electron chi connectivity index (χ2n) is 8.49. The number of hydrogen-bond acceptors (Lipinski definition) is 2. The summed E-state index contributed by atoms with van der Waals surface area (Å²) in [5, 5.41) is 3.07. The standard InChI is InChI=1S/C30H28N2Si/c1-3-33(4-2)29(25-15-19-31-20-16-25)27(23-11-7-5-8-12-23)28(24-13-9-6-10-14-24)30(33)26-17-21-32-22-18-26/h5-22H,3-4H2,1-2H3. The van der Waals surface area contributed by atoms with Crippen molar-refractivity contribution in [1.29, 1.82) is 0 Å². The van der Waals surface area contributed by atoms with Crippen LogP contribution in [0.5, 0.6) is 0 Å². The van der Waals surface area contributed by atoms with Gasteiger partial charge < -0.3 is 0 Å². The highest BCUT2D eigenvalue weighted by atomic mass is 28.3. The summed E-state index contributed by atoms with van der Waals surface area (Å²) in [5.41, 5.74) is 7.94. The van der Waals surface area contributed by atoms with Gasteiger partial charge in [-0.15, -0.1) is 0 Å². The van der Waals surface area contributed by atoms with Gasteiger partial charge in [0.05, 0.1) is 0 Å². The predicted octanol–water partition coefficient (Wildman–Crippen LogP) is 7.58. The molecule has 0 spiro atoms. The minimum atomic E-state index is -2.11. The number of benzene rings is 2. The van der Waals surface area contributed by atoms with Gasteiger partial charge in [-0.3, -0.25) is 9.97 Å². The SMILES string of the molecule is CC[Si]1(CC)C(c2ccncc2)=C(c2ccccc2)C(c2ccccc2)=C1c1ccncc1. The molecular formula is C30H28N2Si. The van der Waals surface area contributed by atoms with Crippen LogP contribution in [0.3, 0.4) is 0 Å². The van der Waals surface area contributed by atoms with E-state index in [1.165, 1.54) is 43.8 Å². The molecule has 5 rings (SSSR count). The third-order valence-electron chi connectivity index (χ3n) is 6.98. The molecule has 0 fully saturated rings. The van der Waals surface area contributed by atoms with E-state index in [0.717, 1.165) is 12.1 Å². The van der Waals surface area contributed by atoms with Crippen LogP contribution in [-0.2, 0) is 0 Å². The molecule has 4 aromatic rings. The van der Waals surface area contributed by atoms with Crippen molar-refractivity contribution in [1.82, 2.24) is 9.97 Å². The summed E-state index contributed by atoms with van der Waals surface area (Å²) in [7, 11) is -2.11. The topological polar surface area (TPSA) is 25.8 Å². The third-order valence-corrected chi connectivity index (χ3v) is 12.4. The van der Waals surface area contributed by atoms with Gasteiger partial charge in [0.15, 0.2) is 0 Å². The fourth-order valence-corrected chi connectivity index (χ4v) is 10.6. The van der Waals surface area contributed by atoms with Gasteiger partial charge in [-0.2, -0.15) is 0 Å². The van der Waals surface area contributed by atoms with E-state index < -0.39 is 8.07 Å². The van der Waals surface area contributed by atoms with E-state index in [4.69, 9.17) is 0 Å². The van der Waals surface area contributed by atoms with Gasteiger partial charge in [0.2, 0.25) is 0 Å². The van der Waals surface area contributed by atoms with Gasteiger partial charge in [-0.25, -0.2) is 0 Å². The monoisotopic (exact) mass is 444 g/mol. The molecule has 0 saturated carbocycles. The molecule has 0 aliphatic carbocycles. The average molecular weight is 445 g/mol. The van der Waals surface area contributed by atoms with E-state index in [2.05, 4.69) is 109 Å². The van der Waals surface area contributed by atoms with Crippen LogP contribution in [-0.4, -0.2) is 18.0 Å². The van der Waals surface area contributed by atoms with Gasteiger partial charge in [-0.1, -0.05) is 86.6 Å². The predicted molar refractivity (Wildman–Crippen MR) is 142 cm³/mol. The molecule has 0 atom stereocenters. The third kappa shape index (κ3) is 3.59. The summed E-state index contributed by atoms with van der Waals surface area (Å²) in [4.78, 5) is 8.68. The van der Waals surface area contributed by atoms with E-state index in [-0.39, 0.29) is 0 Å². The van der Waals surface area contributed by atoms with Crippen molar-refractivity contribution in [3.05, 3.63) is 132 Å². The van der Waals surface area contributed by atoms with E-state index in [0.29, 0.717) is 0 Å². The fraction of sp³-hybridized carbons (Fsp3) is 0.133. The molecule has 33 heavy (non-hydrogen) atoms. The number of rotatable bonds is 6. The van der Waals surface area contributed by atoms with Crippen LogP contribution in [0.2, 0.25) is 12.1 Å². The van der Waals surface area contributed by atoms with Crippen molar-refractivity contribution >= 4 is 29.6 Å². The van der Waals surface area contributed by atoms with Crippen molar-refractivity contribution in [2.75, 3.05) is 0 Å². The Bertz CT molecular complexity index is 1190. The van der Waals surface area contributed by atoms with Crippen LogP contribution >= 0.6 is 0 Å². The molecule has 1 aliphatic rings. The Morgan fingerprint density at radius 1 is 0.485 bits per heavy atom. The van der Waals surface area contributed by atoms with Crippen molar-refractivity contribution in [3.63, 3.8) is 0 Å². The molecule has 0 radical (unpaired) electrons. The lowest BCUT2D eigenvalue weighted by Gasteiger charge is -2.32. The molecule has 2 aromatic heterocycles. The molecule has 1 aliphatic heterocycles. The number of hydrogen-bond donors (Lipinski definition) is 0. The molecule has 2 nitrogen and oxygen atoms in total. The maximum absolute atomic E-state index is 4.34. The first-order chi connectivity index (χ1) is 16.3. The van der Waals surface area contributed by atoms with Gasteiger partial charge >= 0.3 is 0 Å². The van der Waals surface area contributed by atoms with E-state index in [1.807, 2.05) is 24.8 Å². The Morgan fingerprint density at radius 2 is 0.848 bits per heavy atom. The fourth-order valence-electron chi connectivity index (χ4n) is 5.48. The summed E-state index contributed by atoms with van der Waals surface area (Å²) in [6, 6.07) is 33.0. The first-order valence-electron chi connectivity index (χ1n) is 11.7. The summed E-state index contributed by atoms with van der Waals surface area (Å²) in [6.45, 7) is 4.77. The number of aromatic nitrogens is 2. The zero-order chi connectivity index (χ0) is 22.7. The minimum Gasteiger partial charge on any atom is -0.265 e. The Kier molecular flexibility index (Phi) is 5.89. The lowest BCUT2D eigenvalue weighted by atomic mass is 9.89. The normalized spacial score (nSPS) is 15.2. The Balaban J connectivity index is 1.97. The molecular weight excluding hydrogens is 416 g/mol. The quantitative estimate of drug-likeness (QED) is 0.286. The summed E-state index contributed by atoms with van der Waals surface area (Å²) in [6.07, 6.45) is 7.73. The van der Waals surface area contributed by atoms with E-state index in [1.54, 1.807) is 0 Å². The number of allylic oxidation sites excluding steroid dienone is 2. The van der Waals surface area contributed by atoms with Gasteiger partial charge in [0.1, 0.15) is 8.07 Å². The van der Waals surface area contributed by atoms with E-state index in [9.17, 15) is 0 Å². The summed E-state index contributed by atoms with van der Waals surface area (Å²) in [5.74, 6) is 0. The highest BCUT2D eigenvalue weighted by molar-refractivity contribution is 7.14. The largest absolute Gasteiger partial charge is 0.265 e. The first kappa shape index (κ1) is 21.3. The smallest absolute Gasteiger partial charge is 0.120 e. The molecule has 162 valence electrons. The van der Waals surface area contributed by atoms with Crippen LogP contribution in [0, 0.1) is 0 Å². The van der Waals surface area contributed by atoms with Gasteiger partial charge in [-0.05, 0) is 68.1 Å². The summed E-state index contributed by atoms with van der Waals surface area (Å²) >= 11 is 0. The molecule has 0 saturated heterocycles. The Labute approximate surface area is 197 Å². The van der Waals surface area contributed by atoms with Crippen molar-refractivity contribution < 1.29 is 0 Å². The molecule has 3 heterocycles. The van der Waals surface area contributed by atoms with Crippen molar-refractivity contribution in [2.24, 2.45) is 0 Å². The zero-order valence-electron chi connectivity index (χ0n) is 19.2. The van der Waals surface area contributed by atoms with Gasteiger partial charge in [0, 0.05) is 24.8 Å². The lowest BCUT2D eigenvalue weighted by Crippen LogP contribution is -2.35. The molecule has 0 bridgehead atoms. The van der Waals surface area contributed by atoms with Gasteiger partial charge in [0.25, 0.3) is 0 Å². The first-order valence-corrected chi connectivity index (χ1v) is 14.1. The molecule has 3 heteroatoms. The Hall–Kier alpha value is -3.56. The Morgan fingerprint density at radius 3 is 1.18 bits per heavy atom. The van der Waals surface area contributed by atoms with Crippen molar-refractivity contribution in [3.8, 4) is 0 Å². The number of nitrogens with zero attached hydrogens (tertiary/aromatic N) is 2. The number of pyridine rings is 2. The van der Waals surface area contributed by atoms with Crippen LogP contribution in [0.4, 0.5) is 0 Å². The summed E-state index contributed by atoms with van der Waals surface area (Å²) < 4.78 is 0. The molecule has 0 amide bonds. The zero-order valence-corrected chi connectivity index (χ0v) is 20.2. The van der Waals surface area contributed by atoms with Crippen molar-refractivity contribution in [2.45, 2.75) is 25.9 Å². The average Bonchev–Trinajstić information content (AvgIpc) is 3.22. The highest BCUT2D eigenvalue weighted by Crippen LogP contribution is 2.57. The lowest BCUT2D eigenvalue weighted by molar-refractivity contribution is 1.28. The second kappa shape index (κ2) is 9.12. The maximum Gasteiger partial charge on any atom is 0.120 e. The maximum atomic E-state index is 4.34. The molecule has 0 unspecified atom stereocenters. The molecule has 0 N–H and O–H groups in total.